The molecule has 1 atom stereocenters. The first kappa shape index (κ1) is 9.69. The lowest BCUT2D eigenvalue weighted by atomic mass is 10.2. The predicted octanol–water partition coefficient (Wildman–Crippen LogP) is 2.55. The molecule has 1 aromatic rings. The van der Waals surface area contributed by atoms with Crippen molar-refractivity contribution in [2.75, 3.05) is 13.2 Å². The van der Waals surface area contributed by atoms with Crippen LogP contribution in [-0.4, -0.2) is 18.8 Å². The summed E-state index contributed by atoms with van der Waals surface area (Å²) in [6.07, 6.45) is 0.409. The van der Waals surface area contributed by atoms with Crippen molar-refractivity contribution in [2.24, 2.45) is 0 Å². The van der Waals surface area contributed by atoms with Crippen molar-refractivity contribution in [3.05, 3.63) is 35.9 Å². The van der Waals surface area contributed by atoms with Gasteiger partial charge in [-0.1, -0.05) is 30.3 Å². The maximum atomic E-state index is 5.09. The Morgan fingerprint density at radius 2 is 1.71 bits per heavy atom. The summed E-state index contributed by atoms with van der Waals surface area (Å²) in [5, 5.41) is 0. The molecule has 0 radical (unpaired) electrons. The van der Waals surface area contributed by atoms with Gasteiger partial charge >= 0.3 is 0 Å². The van der Waals surface area contributed by atoms with Gasteiger partial charge in [-0.25, -0.2) is 0 Å². The van der Waals surface area contributed by atoms with Crippen molar-refractivity contribution in [1.29, 1.82) is 0 Å². The average Bonchev–Trinajstić information content (AvgIpc) is 3.05. The Kier molecular flexibility index (Phi) is 2.57. The van der Waals surface area contributed by atoms with Crippen molar-refractivity contribution < 1.29 is 9.47 Å². The van der Waals surface area contributed by atoms with Gasteiger partial charge in [-0.2, -0.15) is 0 Å². The van der Waals surface area contributed by atoms with E-state index in [0.717, 1.165) is 13.2 Å². The van der Waals surface area contributed by atoms with Gasteiger partial charge in [-0.15, -0.1) is 0 Å². The number of ether oxygens (including phenoxy) is 2. The Morgan fingerprint density at radius 1 is 1.21 bits per heavy atom. The molecule has 2 saturated heterocycles. The van der Waals surface area contributed by atoms with Crippen LogP contribution in [0.2, 0.25) is 0 Å². The van der Waals surface area contributed by atoms with Gasteiger partial charge in [0.2, 0.25) is 0 Å². The topological polar surface area (TPSA) is 25.1 Å². The van der Waals surface area contributed by atoms with Gasteiger partial charge in [0.05, 0.1) is 18.8 Å². The van der Waals surface area contributed by atoms with E-state index in [4.69, 9.17) is 9.47 Å². The van der Waals surface area contributed by atoms with Gasteiger partial charge in [0.25, 0.3) is 0 Å². The third kappa shape index (κ3) is 3.13. The van der Waals surface area contributed by atoms with Crippen LogP contribution in [0, 0.1) is 0 Å². The Labute approximate surface area is 84.8 Å². The van der Waals surface area contributed by atoms with Crippen LogP contribution < -0.4 is 0 Å². The molecule has 0 aromatic heterocycles. The standard InChI is InChI=1S/C8H8O.C4H8O/c1-2-4-7(5-3-1)8-6-9-8;1-4(2)3-5-4/h1-5,8H,6H2;3H2,1-2H3. The van der Waals surface area contributed by atoms with E-state index in [0.29, 0.717) is 6.10 Å². The van der Waals surface area contributed by atoms with E-state index in [1.54, 1.807) is 0 Å². The van der Waals surface area contributed by atoms with Crippen LogP contribution in [0.1, 0.15) is 25.5 Å². The molecule has 2 nitrogen and oxygen atoms in total. The summed E-state index contributed by atoms with van der Waals surface area (Å²) >= 11 is 0. The van der Waals surface area contributed by atoms with Crippen molar-refractivity contribution >= 4 is 0 Å². The van der Waals surface area contributed by atoms with Crippen LogP contribution in [0.3, 0.4) is 0 Å². The second kappa shape index (κ2) is 3.71. The first-order valence-electron chi connectivity index (χ1n) is 4.98. The molecule has 76 valence electrons. The lowest BCUT2D eigenvalue weighted by Gasteiger charge is -1.89. The largest absolute Gasteiger partial charge is 0.370 e. The Bertz CT molecular complexity index is 282. The monoisotopic (exact) mass is 192 g/mol. The zero-order valence-corrected chi connectivity index (χ0v) is 8.69. The van der Waals surface area contributed by atoms with Gasteiger partial charge < -0.3 is 9.47 Å². The van der Waals surface area contributed by atoms with E-state index in [1.807, 2.05) is 18.2 Å². The van der Waals surface area contributed by atoms with Gasteiger partial charge in [0.1, 0.15) is 6.10 Å². The van der Waals surface area contributed by atoms with Crippen LogP contribution in [0.25, 0.3) is 0 Å². The summed E-state index contributed by atoms with van der Waals surface area (Å²) in [6.45, 7) is 6.01. The fourth-order valence-electron chi connectivity index (χ4n) is 1.05. The number of hydrogen-bond acceptors (Lipinski definition) is 2. The highest BCUT2D eigenvalue weighted by molar-refractivity contribution is 5.19. The van der Waals surface area contributed by atoms with E-state index in [1.165, 1.54) is 5.56 Å². The van der Waals surface area contributed by atoms with Gasteiger partial charge in [0, 0.05) is 0 Å². The smallest absolute Gasteiger partial charge is 0.106 e. The SMILES string of the molecule is CC1(C)CO1.c1ccc(C2CO2)cc1. The first-order valence-corrected chi connectivity index (χ1v) is 4.98. The summed E-state index contributed by atoms with van der Waals surface area (Å²) in [5.74, 6) is 0. The third-order valence-electron chi connectivity index (χ3n) is 2.23. The lowest BCUT2D eigenvalue weighted by Crippen LogP contribution is -1.90. The minimum atomic E-state index is 0.250. The molecule has 2 aliphatic rings. The zero-order chi connectivity index (χ0) is 10.0. The first-order chi connectivity index (χ1) is 6.67. The highest BCUT2D eigenvalue weighted by atomic mass is 16.6. The van der Waals surface area contributed by atoms with E-state index < -0.39 is 0 Å². The Balaban J connectivity index is 0.000000128. The molecular formula is C12H16O2. The summed E-state index contributed by atoms with van der Waals surface area (Å²) < 4.78 is 9.99. The van der Waals surface area contributed by atoms with E-state index >= 15 is 0 Å². The van der Waals surface area contributed by atoms with Gasteiger partial charge in [-0.05, 0) is 19.4 Å². The maximum Gasteiger partial charge on any atom is 0.106 e. The number of benzene rings is 1. The fraction of sp³-hybridized carbons (Fsp3) is 0.500. The molecule has 3 rings (SSSR count). The molecule has 2 heterocycles. The molecule has 0 spiro atoms. The van der Waals surface area contributed by atoms with Crippen LogP contribution >= 0.6 is 0 Å². The fourth-order valence-corrected chi connectivity index (χ4v) is 1.05. The number of hydrogen-bond donors (Lipinski definition) is 0. The van der Waals surface area contributed by atoms with Gasteiger partial charge in [-0.3, -0.25) is 0 Å². The molecule has 0 bridgehead atoms. The Hall–Kier alpha value is -0.860. The summed E-state index contributed by atoms with van der Waals surface area (Å²) in [4.78, 5) is 0. The summed E-state index contributed by atoms with van der Waals surface area (Å²) in [5.41, 5.74) is 1.55. The van der Waals surface area contributed by atoms with Crippen molar-refractivity contribution in [1.82, 2.24) is 0 Å². The van der Waals surface area contributed by atoms with Crippen molar-refractivity contribution in [2.45, 2.75) is 25.6 Å². The quantitative estimate of drug-likeness (QED) is 0.639. The molecule has 1 aromatic carbocycles. The predicted molar refractivity (Wildman–Crippen MR) is 55.2 cm³/mol. The zero-order valence-electron chi connectivity index (χ0n) is 8.69. The van der Waals surface area contributed by atoms with Crippen LogP contribution in [0.15, 0.2) is 30.3 Å². The van der Waals surface area contributed by atoms with E-state index in [-0.39, 0.29) is 5.60 Å². The maximum absolute atomic E-state index is 5.09. The highest BCUT2D eigenvalue weighted by Gasteiger charge is 2.32. The molecule has 2 heteroatoms. The van der Waals surface area contributed by atoms with Crippen LogP contribution in [0.5, 0.6) is 0 Å². The molecule has 0 N–H and O–H groups in total. The lowest BCUT2D eigenvalue weighted by molar-refractivity contribution is 0.344. The Morgan fingerprint density at radius 3 is 2.07 bits per heavy atom. The minimum absolute atomic E-state index is 0.250. The molecule has 2 fully saturated rings. The molecule has 0 aliphatic carbocycles. The molecule has 14 heavy (non-hydrogen) atoms. The van der Waals surface area contributed by atoms with Gasteiger partial charge in [0.15, 0.2) is 0 Å². The normalized spacial score (nSPS) is 26.0. The van der Waals surface area contributed by atoms with Crippen LogP contribution in [0.4, 0.5) is 0 Å². The second-order valence-corrected chi connectivity index (χ2v) is 4.28. The van der Waals surface area contributed by atoms with Crippen molar-refractivity contribution in [3.63, 3.8) is 0 Å². The molecule has 2 aliphatic heterocycles. The van der Waals surface area contributed by atoms with Crippen molar-refractivity contribution in [3.8, 4) is 0 Å². The molecule has 0 saturated carbocycles. The van der Waals surface area contributed by atoms with Crippen LogP contribution in [-0.2, 0) is 9.47 Å². The minimum Gasteiger partial charge on any atom is -0.370 e. The number of rotatable bonds is 1. The molecule has 0 amide bonds. The third-order valence-corrected chi connectivity index (χ3v) is 2.23. The summed E-state index contributed by atoms with van der Waals surface area (Å²) in [7, 11) is 0. The highest BCUT2D eigenvalue weighted by Crippen LogP contribution is 2.28. The summed E-state index contributed by atoms with van der Waals surface area (Å²) in [6, 6.07) is 10.3. The average molecular weight is 192 g/mol. The number of epoxide rings is 2. The second-order valence-electron chi connectivity index (χ2n) is 4.28. The van der Waals surface area contributed by atoms with E-state index in [9.17, 15) is 0 Å². The molecular weight excluding hydrogens is 176 g/mol. The van der Waals surface area contributed by atoms with E-state index in [2.05, 4.69) is 26.0 Å². The molecule has 1 unspecified atom stereocenters.